The van der Waals surface area contributed by atoms with Crippen molar-refractivity contribution in [3.05, 3.63) is 35.5 Å². The smallest absolute Gasteiger partial charge is 0.303 e. The van der Waals surface area contributed by atoms with Crippen molar-refractivity contribution in [1.82, 2.24) is 4.98 Å². The number of benzene rings is 1. The van der Waals surface area contributed by atoms with Crippen LogP contribution >= 0.6 is 0 Å². The Hall–Kier alpha value is -2.10. The summed E-state index contributed by atoms with van der Waals surface area (Å²) in [5.74, 6) is -0.860. The van der Waals surface area contributed by atoms with Gasteiger partial charge in [0, 0.05) is 35.5 Å². The number of carbonyl (C=O) groups excluding carboxylic acids is 1. The Morgan fingerprint density at radius 3 is 2.74 bits per heavy atom. The maximum atomic E-state index is 12.1. The number of carboxylic acids is 1. The minimum atomic E-state index is -0.861. The van der Waals surface area contributed by atoms with Crippen LogP contribution in [0.4, 0.5) is 0 Å². The van der Waals surface area contributed by atoms with Crippen LogP contribution in [0.1, 0.15) is 42.1 Å². The summed E-state index contributed by atoms with van der Waals surface area (Å²) < 4.78 is 0. The number of H-pyrrole nitrogens is 1. The molecule has 0 aliphatic carbocycles. The molecule has 0 radical (unpaired) electrons. The van der Waals surface area contributed by atoms with E-state index in [-0.39, 0.29) is 18.6 Å². The van der Waals surface area contributed by atoms with Crippen LogP contribution in [0.15, 0.2) is 24.4 Å². The minimum absolute atomic E-state index is 0.000697. The lowest BCUT2D eigenvalue weighted by molar-refractivity contribution is -0.137. The van der Waals surface area contributed by atoms with Gasteiger partial charge in [-0.05, 0) is 18.4 Å². The van der Waals surface area contributed by atoms with Crippen molar-refractivity contribution in [1.29, 1.82) is 0 Å². The number of rotatable bonds is 6. The second kappa shape index (κ2) is 5.69. The van der Waals surface area contributed by atoms with Gasteiger partial charge in [-0.3, -0.25) is 9.59 Å². The van der Waals surface area contributed by atoms with Crippen LogP contribution < -0.4 is 0 Å². The topological polar surface area (TPSA) is 70.2 Å². The summed E-state index contributed by atoms with van der Waals surface area (Å²) in [5, 5.41) is 9.51. The number of fused-ring (bicyclic) bond motifs is 1. The molecule has 0 saturated heterocycles. The number of ketones is 1. The molecule has 0 amide bonds. The Morgan fingerprint density at radius 2 is 2.05 bits per heavy atom. The zero-order valence-electron chi connectivity index (χ0n) is 10.9. The number of hydrogen-bond donors (Lipinski definition) is 2. The highest BCUT2D eigenvalue weighted by molar-refractivity contribution is 6.08. The van der Waals surface area contributed by atoms with Crippen LogP contribution in [0.5, 0.6) is 0 Å². The molecule has 100 valence electrons. The number of aromatic nitrogens is 1. The molecule has 0 bridgehead atoms. The van der Waals surface area contributed by atoms with Crippen molar-refractivity contribution >= 4 is 22.7 Å². The largest absolute Gasteiger partial charge is 0.481 e. The number of hydrogen-bond acceptors (Lipinski definition) is 2. The van der Waals surface area contributed by atoms with Crippen molar-refractivity contribution in [2.75, 3.05) is 0 Å². The average molecular weight is 259 g/mol. The number of aromatic amines is 1. The molecule has 0 atom stereocenters. The van der Waals surface area contributed by atoms with Gasteiger partial charge in [0.25, 0.3) is 0 Å². The summed E-state index contributed by atoms with van der Waals surface area (Å²) in [6.45, 7) is 2.07. The van der Waals surface area contributed by atoms with Gasteiger partial charge >= 0.3 is 5.97 Å². The van der Waals surface area contributed by atoms with Gasteiger partial charge in [0.1, 0.15) is 0 Å². The molecule has 0 aliphatic heterocycles. The molecular weight excluding hydrogens is 242 g/mol. The fraction of sp³-hybridized carbons (Fsp3) is 0.333. The Labute approximate surface area is 111 Å². The van der Waals surface area contributed by atoms with E-state index in [9.17, 15) is 9.59 Å². The molecule has 0 spiro atoms. The third-order valence-corrected chi connectivity index (χ3v) is 3.28. The minimum Gasteiger partial charge on any atom is -0.481 e. The monoisotopic (exact) mass is 259 g/mol. The summed E-state index contributed by atoms with van der Waals surface area (Å²) in [7, 11) is 0. The molecule has 0 fully saturated rings. The number of para-hydroxylation sites is 1. The van der Waals surface area contributed by atoms with E-state index in [0.717, 1.165) is 17.3 Å². The van der Waals surface area contributed by atoms with E-state index in [1.807, 2.05) is 18.2 Å². The van der Waals surface area contributed by atoms with E-state index >= 15 is 0 Å². The fourth-order valence-electron chi connectivity index (χ4n) is 2.28. The standard InChI is InChI=1S/C15H17NO3/c1-2-10-5-3-6-11-12(9-16-15(10)11)13(17)7-4-8-14(18)19/h3,5-6,9,16H,2,4,7-8H2,1H3,(H,18,19). The summed E-state index contributed by atoms with van der Waals surface area (Å²) in [5.41, 5.74) is 2.85. The van der Waals surface area contributed by atoms with E-state index in [2.05, 4.69) is 11.9 Å². The molecule has 4 nitrogen and oxygen atoms in total. The van der Waals surface area contributed by atoms with E-state index in [4.69, 9.17) is 5.11 Å². The van der Waals surface area contributed by atoms with Crippen molar-refractivity contribution in [3.63, 3.8) is 0 Å². The number of aryl methyl sites for hydroxylation is 1. The Morgan fingerprint density at radius 1 is 1.26 bits per heavy atom. The van der Waals surface area contributed by atoms with Crippen LogP contribution in [-0.4, -0.2) is 21.8 Å². The third kappa shape index (κ3) is 2.84. The fourth-order valence-corrected chi connectivity index (χ4v) is 2.28. The summed E-state index contributed by atoms with van der Waals surface area (Å²) in [6, 6.07) is 5.91. The van der Waals surface area contributed by atoms with E-state index in [0.29, 0.717) is 12.0 Å². The van der Waals surface area contributed by atoms with Crippen molar-refractivity contribution < 1.29 is 14.7 Å². The Balaban J connectivity index is 2.21. The number of aliphatic carboxylic acids is 1. The molecule has 0 saturated carbocycles. The van der Waals surface area contributed by atoms with Gasteiger partial charge < -0.3 is 10.1 Å². The molecule has 0 unspecified atom stereocenters. The van der Waals surface area contributed by atoms with Crippen molar-refractivity contribution in [3.8, 4) is 0 Å². The molecule has 19 heavy (non-hydrogen) atoms. The van der Waals surface area contributed by atoms with Gasteiger partial charge in [0.15, 0.2) is 5.78 Å². The van der Waals surface area contributed by atoms with Gasteiger partial charge in [-0.1, -0.05) is 25.1 Å². The van der Waals surface area contributed by atoms with Crippen molar-refractivity contribution in [2.24, 2.45) is 0 Å². The molecule has 1 aromatic heterocycles. The number of Topliss-reactive ketones (excluding diaryl/α,β-unsaturated/α-hetero) is 1. The van der Waals surface area contributed by atoms with E-state index < -0.39 is 5.97 Å². The SMILES string of the molecule is CCc1cccc2c(C(=O)CCCC(=O)O)c[nH]c12. The molecule has 2 aromatic rings. The lowest BCUT2D eigenvalue weighted by Gasteiger charge is -2.01. The van der Waals surface area contributed by atoms with Crippen LogP contribution in [0.3, 0.4) is 0 Å². The van der Waals surface area contributed by atoms with Gasteiger partial charge in [0.05, 0.1) is 0 Å². The predicted molar refractivity (Wildman–Crippen MR) is 73.5 cm³/mol. The quantitative estimate of drug-likeness (QED) is 0.783. The highest BCUT2D eigenvalue weighted by Gasteiger charge is 2.13. The third-order valence-electron chi connectivity index (χ3n) is 3.28. The highest BCUT2D eigenvalue weighted by atomic mass is 16.4. The predicted octanol–water partition coefficient (Wildman–Crippen LogP) is 3.17. The van der Waals surface area contributed by atoms with Gasteiger partial charge in [-0.25, -0.2) is 0 Å². The van der Waals surface area contributed by atoms with Crippen molar-refractivity contribution in [2.45, 2.75) is 32.6 Å². The lowest BCUT2D eigenvalue weighted by atomic mass is 10.0. The van der Waals surface area contributed by atoms with Gasteiger partial charge in [-0.15, -0.1) is 0 Å². The summed E-state index contributed by atoms with van der Waals surface area (Å²) in [4.78, 5) is 25.7. The van der Waals surface area contributed by atoms with Crippen LogP contribution in [0.25, 0.3) is 10.9 Å². The van der Waals surface area contributed by atoms with Gasteiger partial charge in [-0.2, -0.15) is 0 Å². The summed E-state index contributed by atoms with van der Waals surface area (Å²) >= 11 is 0. The summed E-state index contributed by atoms with van der Waals surface area (Å²) in [6.07, 6.45) is 3.33. The normalized spacial score (nSPS) is 10.8. The number of carboxylic acid groups (broad SMARTS) is 1. The van der Waals surface area contributed by atoms with E-state index in [1.54, 1.807) is 6.20 Å². The second-order valence-corrected chi connectivity index (χ2v) is 4.57. The van der Waals surface area contributed by atoms with Crippen LogP contribution in [-0.2, 0) is 11.2 Å². The first kappa shape index (κ1) is 13.3. The molecule has 0 aliphatic rings. The Bertz CT molecular complexity index is 613. The first-order valence-electron chi connectivity index (χ1n) is 6.47. The molecule has 2 rings (SSSR count). The zero-order valence-corrected chi connectivity index (χ0v) is 10.9. The van der Waals surface area contributed by atoms with E-state index in [1.165, 1.54) is 5.56 Å². The molecule has 1 heterocycles. The lowest BCUT2D eigenvalue weighted by Crippen LogP contribution is -2.01. The first-order chi connectivity index (χ1) is 9.13. The highest BCUT2D eigenvalue weighted by Crippen LogP contribution is 2.23. The maximum Gasteiger partial charge on any atom is 0.303 e. The number of carbonyl (C=O) groups is 2. The number of nitrogens with one attached hydrogen (secondary N) is 1. The molecule has 4 heteroatoms. The van der Waals surface area contributed by atoms with Crippen LogP contribution in [0.2, 0.25) is 0 Å². The average Bonchev–Trinajstić information content (AvgIpc) is 2.81. The first-order valence-corrected chi connectivity index (χ1v) is 6.47. The van der Waals surface area contributed by atoms with Crippen LogP contribution in [0, 0.1) is 0 Å². The second-order valence-electron chi connectivity index (χ2n) is 4.57. The maximum absolute atomic E-state index is 12.1. The molecule has 2 N–H and O–H groups in total. The molecule has 1 aromatic carbocycles. The molecular formula is C15H17NO3. The van der Waals surface area contributed by atoms with Gasteiger partial charge in [0.2, 0.25) is 0 Å². The zero-order chi connectivity index (χ0) is 13.8. The Kier molecular flexibility index (Phi) is 4.00.